The Labute approximate surface area is 89.7 Å². The lowest BCUT2D eigenvalue weighted by Crippen LogP contribution is -2.24. The van der Waals surface area contributed by atoms with E-state index in [1.54, 1.807) is 0 Å². The second-order valence-electron chi connectivity index (χ2n) is 3.54. The van der Waals surface area contributed by atoms with Crippen molar-refractivity contribution in [1.29, 1.82) is 0 Å². The van der Waals surface area contributed by atoms with Crippen LogP contribution in [0.1, 0.15) is 23.1 Å². The van der Waals surface area contributed by atoms with Crippen LogP contribution in [0.3, 0.4) is 0 Å². The van der Waals surface area contributed by atoms with Gasteiger partial charge < -0.3 is 10.1 Å². The van der Waals surface area contributed by atoms with Gasteiger partial charge in [0.05, 0.1) is 6.42 Å². The third-order valence-electron chi connectivity index (χ3n) is 2.55. The maximum Gasteiger partial charge on any atom is 0.131 e. The van der Waals surface area contributed by atoms with Gasteiger partial charge in [-0.15, -0.1) is 0 Å². The van der Waals surface area contributed by atoms with Crippen LogP contribution in [0.2, 0.25) is 0 Å². The minimum Gasteiger partial charge on any atom is -0.312 e. The number of rotatable bonds is 1. The number of hydrogen-bond acceptors (Lipinski definition) is 2. The van der Waals surface area contributed by atoms with Crippen LogP contribution < -0.4 is 5.32 Å². The number of nitrogens with one attached hydrogen (secondary N) is 1. The summed E-state index contributed by atoms with van der Waals surface area (Å²) >= 11 is 0. The molecule has 76 valence electrons. The lowest BCUT2D eigenvalue weighted by molar-refractivity contribution is -0.107. The van der Waals surface area contributed by atoms with E-state index in [0.717, 1.165) is 31.4 Å². The molecular weight excluding hydrogens is 186 g/mol. The van der Waals surface area contributed by atoms with Gasteiger partial charge in [-0.25, -0.2) is 0 Å². The number of carbonyl (C=O) groups is 1. The zero-order valence-electron chi connectivity index (χ0n) is 8.55. The van der Waals surface area contributed by atoms with Crippen molar-refractivity contribution in [3.63, 3.8) is 0 Å². The predicted molar refractivity (Wildman–Crippen MR) is 59.4 cm³/mol. The molecule has 0 unspecified atom stereocenters. The minimum atomic E-state index is 0.321. The Balaban J connectivity index is 2.32. The van der Waals surface area contributed by atoms with Crippen molar-refractivity contribution in [1.82, 2.24) is 5.32 Å². The normalized spacial score (nSPS) is 13.6. The van der Waals surface area contributed by atoms with E-state index in [4.69, 9.17) is 0 Å². The zero-order chi connectivity index (χ0) is 10.5. The van der Waals surface area contributed by atoms with Crippen molar-refractivity contribution < 1.29 is 4.79 Å². The Bertz CT molecular complexity index is 426. The van der Waals surface area contributed by atoms with E-state index in [0.29, 0.717) is 6.42 Å². The van der Waals surface area contributed by atoms with Crippen molar-refractivity contribution in [3.8, 4) is 11.8 Å². The number of aldehydes is 1. The molecule has 1 heterocycles. The van der Waals surface area contributed by atoms with E-state index in [1.165, 1.54) is 11.1 Å². The molecule has 1 aromatic rings. The Morgan fingerprint density at radius 3 is 3.27 bits per heavy atom. The third kappa shape index (κ3) is 2.26. The molecule has 0 aromatic heterocycles. The quantitative estimate of drug-likeness (QED) is 0.545. The third-order valence-corrected chi connectivity index (χ3v) is 2.55. The highest BCUT2D eigenvalue weighted by Gasteiger charge is 2.10. The fraction of sp³-hybridized carbons (Fsp3) is 0.308. The van der Waals surface area contributed by atoms with Gasteiger partial charge >= 0.3 is 0 Å². The van der Waals surface area contributed by atoms with Crippen LogP contribution in [-0.2, 0) is 17.8 Å². The molecule has 1 aliphatic rings. The molecule has 0 bridgehead atoms. The van der Waals surface area contributed by atoms with Crippen LogP contribution in [-0.4, -0.2) is 12.8 Å². The van der Waals surface area contributed by atoms with Crippen molar-refractivity contribution in [2.45, 2.75) is 19.4 Å². The highest BCUT2D eigenvalue weighted by molar-refractivity contribution is 5.56. The molecular formula is C13H13NO. The molecule has 0 saturated carbocycles. The molecule has 1 aromatic carbocycles. The summed E-state index contributed by atoms with van der Waals surface area (Å²) < 4.78 is 0. The van der Waals surface area contributed by atoms with Gasteiger partial charge in [-0.2, -0.15) is 0 Å². The maximum atomic E-state index is 10.2. The van der Waals surface area contributed by atoms with Crippen LogP contribution >= 0.6 is 0 Å². The van der Waals surface area contributed by atoms with E-state index in [9.17, 15) is 4.79 Å². The highest BCUT2D eigenvalue weighted by Crippen LogP contribution is 2.17. The summed E-state index contributed by atoms with van der Waals surface area (Å²) in [6, 6.07) is 6.19. The molecule has 0 atom stereocenters. The van der Waals surface area contributed by atoms with Crippen LogP contribution in [0.15, 0.2) is 18.2 Å². The maximum absolute atomic E-state index is 10.2. The molecule has 1 aliphatic heterocycles. The number of hydrogen-bond donors (Lipinski definition) is 1. The summed E-state index contributed by atoms with van der Waals surface area (Å²) in [6.45, 7) is 1.94. The minimum absolute atomic E-state index is 0.321. The van der Waals surface area contributed by atoms with Crippen LogP contribution in [0.5, 0.6) is 0 Å². The molecule has 0 fully saturated rings. The molecule has 0 saturated heterocycles. The van der Waals surface area contributed by atoms with Crippen molar-refractivity contribution in [2.24, 2.45) is 0 Å². The second kappa shape index (κ2) is 4.77. The van der Waals surface area contributed by atoms with Gasteiger partial charge in [0.15, 0.2) is 0 Å². The first kappa shape index (κ1) is 9.95. The summed E-state index contributed by atoms with van der Waals surface area (Å²) in [5.74, 6) is 5.93. The van der Waals surface area contributed by atoms with E-state index in [1.807, 2.05) is 12.1 Å². The van der Waals surface area contributed by atoms with Gasteiger partial charge in [0.2, 0.25) is 0 Å². The highest BCUT2D eigenvalue weighted by atomic mass is 16.1. The summed E-state index contributed by atoms with van der Waals surface area (Å²) in [4.78, 5) is 10.2. The molecule has 0 amide bonds. The number of benzene rings is 1. The molecule has 15 heavy (non-hydrogen) atoms. The average Bonchev–Trinajstić information content (AvgIpc) is 2.30. The van der Waals surface area contributed by atoms with Gasteiger partial charge in [0.1, 0.15) is 6.29 Å². The lowest BCUT2D eigenvalue weighted by Gasteiger charge is -2.18. The fourth-order valence-corrected chi connectivity index (χ4v) is 1.84. The Morgan fingerprint density at radius 2 is 2.40 bits per heavy atom. The van der Waals surface area contributed by atoms with Crippen molar-refractivity contribution in [3.05, 3.63) is 34.9 Å². The van der Waals surface area contributed by atoms with Crippen LogP contribution in [0.4, 0.5) is 0 Å². The van der Waals surface area contributed by atoms with E-state index in [2.05, 4.69) is 23.2 Å². The Kier molecular flexibility index (Phi) is 3.16. The largest absolute Gasteiger partial charge is 0.312 e. The summed E-state index contributed by atoms with van der Waals surface area (Å²) in [5.41, 5.74) is 3.75. The molecule has 0 spiro atoms. The zero-order valence-corrected chi connectivity index (χ0v) is 8.55. The topological polar surface area (TPSA) is 29.1 Å². The van der Waals surface area contributed by atoms with E-state index < -0.39 is 0 Å². The first-order chi connectivity index (χ1) is 7.42. The van der Waals surface area contributed by atoms with Gasteiger partial charge in [-0.3, -0.25) is 0 Å². The lowest BCUT2D eigenvalue weighted by atomic mass is 9.96. The van der Waals surface area contributed by atoms with Crippen molar-refractivity contribution >= 4 is 6.29 Å². The smallest absolute Gasteiger partial charge is 0.131 e. The fourth-order valence-electron chi connectivity index (χ4n) is 1.84. The Morgan fingerprint density at radius 1 is 1.47 bits per heavy atom. The first-order valence-electron chi connectivity index (χ1n) is 5.16. The Hall–Kier alpha value is -1.59. The van der Waals surface area contributed by atoms with Crippen LogP contribution in [0, 0.1) is 11.8 Å². The standard InChI is InChI=1S/C13H13NO/c15-9-2-1-4-11-5-3-6-12-10-14-8-7-13(11)12/h3,5-6,9,14H,2,7-8,10H2. The molecule has 2 nitrogen and oxygen atoms in total. The molecule has 2 rings (SSSR count). The van der Waals surface area contributed by atoms with Gasteiger partial charge in [-0.05, 0) is 30.2 Å². The predicted octanol–water partition coefficient (Wildman–Crippen LogP) is 1.27. The molecule has 0 aliphatic carbocycles. The van der Waals surface area contributed by atoms with E-state index in [-0.39, 0.29) is 0 Å². The second-order valence-corrected chi connectivity index (χ2v) is 3.54. The molecule has 1 N–H and O–H groups in total. The number of carbonyl (C=O) groups excluding carboxylic acids is 1. The summed E-state index contributed by atoms with van der Waals surface area (Å²) in [6.07, 6.45) is 2.19. The van der Waals surface area contributed by atoms with E-state index >= 15 is 0 Å². The van der Waals surface area contributed by atoms with Crippen molar-refractivity contribution in [2.75, 3.05) is 6.54 Å². The molecule has 0 radical (unpaired) electrons. The first-order valence-corrected chi connectivity index (χ1v) is 5.16. The summed E-state index contributed by atoms with van der Waals surface area (Å²) in [7, 11) is 0. The van der Waals surface area contributed by atoms with Gasteiger partial charge in [0.25, 0.3) is 0 Å². The average molecular weight is 199 g/mol. The molecule has 2 heteroatoms. The number of fused-ring (bicyclic) bond motifs is 1. The van der Waals surface area contributed by atoms with Gasteiger partial charge in [-0.1, -0.05) is 24.0 Å². The SMILES string of the molecule is O=CCC#Cc1cccc2c1CCNC2. The van der Waals surface area contributed by atoms with Gasteiger partial charge in [0, 0.05) is 12.1 Å². The monoisotopic (exact) mass is 199 g/mol. The van der Waals surface area contributed by atoms with Crippen LogP contribution in [0.25, 0.3) is 0 Å². The summed E-state index contributed by atoms with van der Waals surface area (Å²) in [5, 5.41) is 3.33.